The van der Waals surface area contributed by atoms with Crippen LogP contribution in [-0.4, -0.2) is 25.7 Å². The van der Waals surface area contributed by atoms with E-state index < -0.39 is 27.3 Å². The Balaban J connectivity index is 3.30. The summed E-state index contributed by atoms with van der Waals surface area (Å²) in [6.45, 7) is 0. The van der Waals surface area contributed by atoms with Gasteiger partial charge in [0.05, 0.1) is 17.5 Å². The molecule has 0 saturated heterocycles. The fraction of sp³-hybridized carbons (Fsp3) is 0.125. The molecule has 0 fully saturated rings. The first kappa shape index (κ1) is 11.3. The normalized spacial score (nSPS) is 11.0. The summed E-state index contributed by atoms with van der Waals surface area (Å²) in [5, 5.41) is 19.9. The zero-order valence-electron chi connectivity index (χ0n) is 7.72. The minimum Gasteiger partial charge on any atom is -0.872 e. The molecule has 0 unspecified atom stereocenters. The Morgan fingerprint density at radius 3 is 2.53 bits per heavy atom. The molecule has 0 aliphatic rings. The maximum absolute atomic E-state index is 11.2. The van der Waals surface area contributed by atoms with Crippen molar-refractivity contribution in [2.24, 2.45) is 0 Å². The van der Waals surface area contributed by atoms with Crippen molar-refractivity contribution in [3.8, 4) is 5.75 Å². The van der Waals surface area contributed by atoms with Gasteiger partial charge in [-0.2, -0.15) is 0 Å². The summed E-state index contributed by atoms with van der Waals surface area (Å²) < 4.78 is 23.7. The van der Waals surface area contributed by atoms with Gasteiger partial charge in [-0.05, 0) is 6.07 Å². The van der Waals surface area contributed by atoms with Gasteiger partial charge in [0.15, 0.2) is 0 Å². The first-order chi connectivity index (χ1) is 6.81. The van der Waals surface area contributed by atoms with Crippen molar-refractivity contribution in [2.45, 2.75) is 0 Å². The van der Waals surface area contributed by atoms with Gasteiger partial charge in [-0.3, -0.25) is 4.72 Å². The number of carboxylic acid groups (broad SMARTS) is 1. The molecular formula is C8H8NO5S-. The molecule has 1 rings (SSSR count). The van der Waals surface area contributed by atoms with Crippen LogP contribution in [0.2, 0.25) is 0 Å². The van der Waals surface area contributed by atoms with Gasteiger partial charge >= 0.3 is 5.97 Å². The van der Waals surface area contributed by atoms with E-state index in [0.717, 1.165) is 12.3 Å². The van der Waals surface area contributed by atoms with Crippen LogP contribution in [-0.2, 0) is 10.0 Å². The molecule has 82 valence electrons. The molecule has 0 spiro atoms. The third-order valence-electron chi connectivity index (χ3n) is 1.54. The van der Waals surface area contributed by atoms with Crippen LogP contribution < -0.4 is 9.83 Å². The van der Waals surface area contributed by atoms with E-state index in [1.165, 1.54) is 12.1 Å². The minimum absolute atomic E-state index is 0.225. The number of carboxylic acids is 1. The number of rotatable bonds is 3. The number of sulfonamides is 1. The van der Waals surface area contributed by atoms with Crippen molar-refractivity contribution < 1.29 is 23.4 Å². The second-order valence-corrected chi connectivity index (χ2v) is 4.61. The van der Waals surface area contributed by atoms with E-state index in [-0.39, 0.29) is 5.69 Å². The lowest BCUT2D eigenvalue weighted by Crippen LogP contribution is -2.14. The molecule has 0 aliphatic carbocycles. The molecule has 0 saturated carbocycles. The summed E-state index contributed by atoms with van der Waals surface area (Å²) in [7, 11) is -3.60. The second-order valence-electron chi connectivity index (χ2n) is 2.86. The predicted octanol–water partition coefficient (Wildman–Crippen LogP) is -0.170. The van der Waals surface area contributed by atoms with Crippen molar-refractivity contribution in [3.05, 3.63) is 23.8 Å². The first-order valence-electron chi connectivity index (χ1n) is 3.82. The predicted molar refractivity (Wildman–Crippen MR) is 51.3 cm³/mol. The SMILES string of the molecule is CS(=O)(=O)Nc1cccc([O-])c1C(=O)O. The van der Waals surface area contributed by atoms with E-state index in [9.17, 15) is 18.3 Å². The topological polar surface area (TPSA) is 107 Å². The smallest absolute Gasteiger partial charge is 0.337 e. The third kappa shape index (κ3) is 2.84. The molecular weight excluding hydrogens is 222 g/mol. The lowest BCUT2D eigenvalue weighted by atomic mass is 10.1. The molecule has 1 aromatic carbocycles. The molecule has 0 bridgehead atoms. The number of aromatic carboxylic acids is 1. The van der Waals surface area contributed by atoms with Crippen molar-refractivity contribution in [2.75, 3.05) is 11.0 Å². The highest BCUT2D eigenvalue weighted by molar-refractivity contribution is 7.92. The summed E-state index contributed by atoms with van der Waals surface area (Å²) >= 11 is 0. The average Bonchev–Trinajstić information content (AvgIpc) is 1.99. The molecule has 0 atom stereocenters. The van der Waals surface area contributed by atoms with Gasteiger partial charge in [0.25, 0.3) is 0 Å². The Morgan fingerprint density at radius 2 is 2.07 bits per heavy atom. The summed E-state index contributed by atoms with van der Waals surface area (Å²) in [6, 6.07) is 3.55. The molecule has 6 nitrogen and oxygen atoms in total. The van der Waals surface area contributed by atoms with E-state index in [4.69, 9.17) is 5.11 Å². The van der Waals surface area contributed by atoms with Crippen LogP contribution in [0.4, 0.5) is 5.69 Å². The standard InChI is InChI=1S/C8H9NO5S/c1-15(13,14)9-5-3-2-4-6(10)7(5)8(11)12/h2-4,9-10H,1H3,(H,11,12)/p-1. The molecule has 15 heavy (non-hydrogen) atoms. The summed E-state index contributed by atoms with van der Waals surface area (Å²) in [4.78, 5) is 10.7. The largest absolute Gasteiger partial charge is 0.872 e. The fourth-order valence-electron chi connectivity index (χ4n) is 1.04. The third-order valence-corrected chi connectivity index (χ3v) is 2.13. The van der Waals surface area contributed by atoms with Gasteiger partial charge in [0.2, 0.25) is 10.0 Å². The number of carbonyl (C=O) groups is 1. The number of benzene rings is 1. The van der Waals surface area contributed by atoms with Crippen LogP contribution in [0.1, 0.15) is 10.4 Å². The van der Waals surface area contributed by atoms with Gasteiger partial charge in [0, 0.05) is 0 Å². The van der Waals surface area contributed by atoms with Crippen LogP contribution in [0.5, 0.6) is 5.75 Å². The van der Waals surface area contributed by atoms with Crippen molar-refractivity contribution in [1.29, 1.82) is 0 Å². The molecule has 0 aliphatic heterocycles. The van der Waals surface area contributed by atoms with E-state index in [1.54, 1.807) is 0 Å². The van der Waals surface area contributed by atoms with Gasteiger partial charge in [0.1, 0.15) is 0 Å². The van der Waals surface area contributed by atoms with Gasteiger partial charge in [-0.15, -0.1) is 0 Å². The van der Waals surface area contributed by atoms with Crippen molar-refractivity contribution in [1.82, 2.24) is 0 Å². The minimum atomic E-state index is -3.60. The highest BCUT2D eigenvalue weighted by Crippen LogP contribution is 2.23. The lowest BCUT2D eigenvalue weighted by Gasteiger charge is -2.14. The Kier molecular flexibility index (Phi) is 2.85. The molecule has 0 aromatic heterocycles. The van der Waals surface area contributed by atoms with Crippen molar-refractivity contribution in [3.63, 3.8) is 0 Å². The lowest BCUT2D eigenvalue weighted by molar-refractivity contribution is -0.268. The summed E-state index contributed by atoms with van der Waals surface area (Å²) in [5.41, 5.74) is -0.805. The number of hydrogen-bond acceptors (Lipinski definition) is 4. The second kappa shape index (κ2) is 3.77. The molecule has 0 radical (unpaired) electrons. The average molecular weight is 230 g/mol. The molecule has 7 heteroatoms. The number of anilines is 1. The Hall–Kier alpha value is -1.76. The first-order valence-corrected chi connectivity index (χ1v) is 5.71. The number of hydrogen-bond donors (Lipinski definition) is 2. The van der Waals surface area contributed by atoms with Crippen LogP contribution in [0, 0.1) is 0 Å². The van der Waals surface area contributed by atoms with Crippen LogP contribution >= 0.6 is 0 Å². The Morgan fingerprint density at radius 1 is 1.47 bits per heavy atom. The van der Waals surface area contributed by atoms with Crippen LogP contribution in [0.3, 0.4) is 0 Å². The summed E-state index contributed by atoms with van der Waals surface area (Å²) in [5.74, 6) is -2.21. The van der Waals surface area contributed by atoms with Crippen LogP contribution in [0.25, 0.3) is 0 Å². The van der Waals surface area contributed by atoms with Crippen molar-refractivity contribution >= 4 is 21.7 Å². The van der Waals surface area contributed by atoms with E-state index >= 15 is 0 Å². The van der Waals surface area contributed by atoms with Gasteiger partial charge in [-0.25, -0.2) is 13.2 Å². The van der Waals surface area contributed by atoms with Crippen LogP contribution in [0.15, 0.2) is 18.2 Å². The van der Waals surface area contributed by atoms with Gasteiger partial charge in [-0.1, -0.05) is 17.9 Å². The zero-order chi connectivity index (χ0) is 11.6. The zero-order valence-corrected chi connectivity index (χ0v) is 8.54. The van der Waals surface area contributed by atoms with E-state index in [1.807, 2.05) is 4.72 Å². The monoisotopic (exact) mass is 230 g/mol. The molecule has 2 N–H and O–H groups in total. The highest BCUT2D eigenvalue weighted by Gasteiger charge is 2.13. The molecule has 0 heterocycles. The summed E-state index contributed by atoms with van der Waals surface area (Å²) in [6.07, 6.45) is 0.871. The Labute approximate surface area is 86.2 Å². The molecule has 0 amide bonds. The van der Waals surface area contributed by atoms with Gasteiger partial charge < -0.3 is 10.2 Å². The van der Waals surface area contributed by atoms with E-state index in [2.05, 4.69) is 0 Å². The number of nitrogens with one attached hydrogen (secondary N) is 1. The maximum atomic E-state index is 11.2. The Bertz CT molecular complexity index is 494. The van der Waals surface area contributed by atoms with E-state index in [0.29, 0.717) is 0 Å². The quantitative estimate of drug-likeness (QED) is 0.749. The molecule has 1 aromatic rings. The maximum Gasteiger partial charge on any atom is 0.337 e. The fourth-order valence-corrected chi connectivity index (χ4v) is 1.61. The highest BCUT2D eigenvalue weighted by atomic mass is 32.2.